The Bertz CT molecular complexity index is 522. The zero-order valence-electron chi connectivity index (χ0n) is 12.5. The molecule has 0 atom stereocenters. The molecule has 0 saturated carbocycles. The van der Waals surface area contributed by atoms with Crippen molar-refractivity contribution in [3.8, 4) is 0 Å². The summed E-state index contributed by atoms with van der Waals surface area (Å²) in [6.07, 6.45) is 1.07. The molecule has 0 aliphatic carbocycles. The summed E-state index contributed by atoms with van der Waals surface area (Å²) in [6, 6.07) is 4.36. The van der Waals surface area contributed by atoms with Crippen molar-refractivity contribution in [2.75, 3.05) is 18.8 Å². The lowest BCUT2D eigenvalue weighted by Gasteiger charge is -2.22. The van der Waals surface area contributed by atoms with E-state index in [1.54, 1.807) is 6.07 Å². The van der Waals surface area contributed by atoms with Crippen molar-refractivity contribution in [2.45, 2.75) is 31.6 Å². The number of nitrogens with zero attached hydrogens (tertiary/aromatic N) is 1. The van der Waals surface area contributed by atoms with Crippen molar-refractivity contribution in [3.63, 3.8) is 0 Å². The van der Waals surface area contributed by atoms with E-state index in [1.807, 2.05) is 11.8 Å². The Hall–Kier alpha value is -1.11. The van der Waals surface area contributed by atoms with E-state index >= 15 is 0 Å². The van der Waals surface area contributed by atoms with Crippen LogP contribution in [0.4, 0.5) is 4.39 Å². The molecular weight excluding hydrogens is 289 g/mol. The molecule has 0 spiro atoms. The van der Waals surface area contributed by atoms with Crippen molar-refractivity contribution in [1.29, 1.82) is 0 Å². The van der Waals surface area contributed by atoms with Gasteiger partial charge in [-0.25, -0.2) is 10.2 Å². The van der Waals surface area contributed by atoms with Crippen LogP contribution in [-0.4, -0.2) is 34.4 Å². The highest BCUT2D eigenvalue weighted by Gasteiger charge is 2.24. The van der Waals surface area contributed by atoms with Crippen molar-refractivity contribution in [1.82, 2.24) is 10.3 Å². The lowest BCUT2D eigenvalue weighted by Crippen LogP contribution is -2.30. The standard InChI is InChI=1S/C15H22FN3OS/c1-15(2)5-6-19(7-8-21-15)10-12-9-11(14(20)18-17)3-4-13(12)16/h3-4,9H,5-8,10,17H2,1-2H3,(H,18,20). The summed E-state index contributed by atoms with van der Waals surface area (Å²) in [7, 11) is 0. The lowest BCUT2D eigenvalue weighted by molar-refractivity contribution is 0.0953. The van der Waals surface area contributed by atoms with Crippen molar-refractivity contribution >= 4 is 17.7 Å². The first-order chi connectivity index (χ1) is 9.91. The van der Waals surface area contributed by atoms with E-state index in [9.17, 15) is 9.18 Å². The number of carbonyl (C=O) groups excluding carboxylic acids is 1. The SMILES string of the molecule is CC1(C)CCN(Cc2cc(C(=O)NN)ccc2F)CCS1. The molecule has 1 fully saturated rings. The Kier molecular flexibility index (Phi) is 5.24. The Balaban J connectivity index is 2.10. The van der Waals surface area contributed by atoms with Crippen LogP contribution < -0.4 is 11.3 Å². The number of hydrogen-bond acceptors (Lipinski definition) is 4. The number of hydrazine groups is 1. The maximum absolute atomic E-state index is 14.0. The van der Waals surface area contributed by atoms with Crippen molar-refractivity contribution in [2.24, 2.45) is 5.84 Å². The maximum Gasteiger partial charge on any atom is 0.265 e. The third-order valence-electron chi connectivity index (χ3n) is 3.76. The molecule has 1 aliphatic heterocycles. The molecule has 4 nitrogen and oxygen atoms in total. The van der Waals surface area contributed by atoms with Crippen LogP contribution in [0.15, 0.2) is 18.2 Å². The first kappa shape index (κ1) is 16.3. The Morgan fingerprint density at radius 1 is 1.48 bits per heavy atom. The minimum Gasteiger partial charge on any atom is -0.298 e. The van der Waals surface area contributed by atoms with E-state index in [0.717, 1.165) is 25.3 Å². The van der Waals surface area contributed by atoms with E-state index < -0.39 is 5.91 Å². The smallest absolute Gasteiger partial charge is 0.265 e. The van der Waals surface area contributed by atoms with E-state index in [-0.39, 0.29) is 10.6 Å². The van der Waals surface area contributed by atoms with E-state index in [1.165, 1.54) is 12.1 Å². The van der Waals surface area contributed by atoms with Crippen LogP contribution in [0.5, 0.6) is 0 Å². The molecule has 0 bridgehead atoms. The largest absolute Gasteiger partial charge is 0.298 e. The minimum absolute atomic E-state index is 0.272. The van der Waals surface area contributed by atoms with Gasteiger partial charge in [0.2, 0.25) is 0 Å². The van der Waals surface area contributed by atoms with Crippen LogP contribution in [0.1, 0.15) is 36.2 Å². The molecule has 1 saturated heterocycles. The summed E-state index contributed by atoms with van der Waals surface area (Å²) in [5, 5.41) is 0. The van der Waals surface area contributed by atoms with Gasteiger partial charge in [-0.1, -0.05) is 13.8 Å². The zero-order valence-corrected chi connectivity index (χ0v) is 13.3. The van der Waals surface area contributed by atoms with Crippen LogP contribution in [-0.2, 0) is 6.54 Å². The summed E-state index contributed by atoms with van der Waals surface area (Å²) < 4.78 is 14.2. The summed E-state index contributed by atoms with van der Waals surface area (Å²) in [6.45, 7) is 6.88. The van der Waals surface area contributed by atoms with Crippen LogP contribution >= 0.6 is 11.8 Å². The number of amides is 1. The third-order valence-corrected chi connectivity index (χ3v) is 5.14. The van der Waals surface area contributed by atoms with Crippen LogP contribution in [0.2, 0.25) is 0 Å². The van der Waals surface area contributed by atoms with Gasteiger partial charge in [0.1, 0.15) is 5.82 Å². The summed E-state index contributed by atoms with van der Waals surface area (Å²) in [5.74, 6) is 5.48. The second-order valence-corrected chi connectivity index (χ2v) is 7.72. The predicted molar refractivity (Wildman–Crippen MR) is 84.5 cm³/mol. The first-order valence-corrected chi connectivity index (χ1v) is 8.05. The maximum atomic E-state index is 14.0. The van der Waals surface area contributed by atoms with Gasteiger partial charge in [0.15, 0.2) is 0 Å². The molecule has 6 heteroatoms. The van der Waals surface area contributed by atoms with Gasteiger partial charge in [-0.3, -0.25) is 15.1 Å². The normalized spacial score (nSPS) is 19.0. The molecule has 1 aliphatic rings. The molecule has 2 rings (SSSR count). The number of halogens is 1. The van der Waals surface area contributed by atoms with Gasteiger partial charge in [0, 0.05) is 34.7 Å². The number of carbonyl (C=O) groups is 1. The number of rotatable bonds is 3. The minimum atomic E-state index is -0.399. The number of benzene rings is 1. The average Bonchev–Trinajstić information content (AvgIpc) is 2.61. The van der Waals surface area contributed by atoms with Gasteiger partial charge in [-0.2, -0.15) is 11.8 Å². The second kappa shape index (κ2) is 6.77. The molecule has 1 aromatic rings. The van der Waals surface area contributed by atoms with Crippen LogP contribution in [0.3, 0.4) is 0 Å². The van der Waals surface area contributed by atoms with Gasteiger partial charge >= 0.3 is 0 Å². The van der Waals surface area contributed by atoms with Crippen molar-refractivity contribution in [3.05, 3.63) is 35.1 Å². The number of nitrogens with one attached hydrogen (secondary N) is 1. The van der Waals surface area contributed by atoms with Crippen LogP contribution in [0.25, 0.3) is 0 Å². The molecule has 3 N–H and O–H groups in total. The summed E-state index contributed by atoms with van der Waals surface area (Å²) >= 11 is 1.96. The fraction of sp³-hybridized carbons (Fsp3) is 0.533. The van der Waals surface area contributed by atoms with Gasteiger partial charge in [-0.15, -0.1) is 0 Å². The van der Waals surface area contributed by atoms with Gasteiger partial charge in [0.05, 0.1) is 0 Å². The molecule has 1 heterocycles. The average molecular weight is 311 g/mol. The van der Waals surface area contributed by atoms with E-state index in [2.05, 4.69) is 24.2 Å². The molecule has 116 valence electrons. The van der Waals surface area contributed by atoms with Crippen molar-refractivity contribution < 1.29 is 9.18 Å². The van der Waals surface area contributed by atoms with E-state index in [0.29, 0.717) is 17.7 Å². The van der Waals surface area contributed by atoms with Gasteiger partial charge in [0.25, 0.3) is 5.91 Å². The second-order valence-electron chi connectivity index (χ2n) is 5.91. The fourth-order valence-electron chi connectivity index (χ4n) is 2.38. The molecule has 1 amide bonds. The quantitative estimate of drug-likeness (QED) is 0.510. The number of nitrogen functional groups attached to an aromatic ring is 1. The molecule has 1 aromatic carbocycles. The number of nitrogens with two attached hydrogens (primary N) is 1. The molecule has 0 radical (unpaired) electrons. The zero-order chi connectivity index (χ0) is 15.5. The molecule has 21 heavy (non-hydrogen) atoms. The monoisotopic (exact) mass is 311 g/mol. The van der Waals surface area contributed by atoms with Gasteiger partial charge < -0.3 is 0 Å². The number of hydrogen-bond donors (Lipinski definition) is 2. The summed E-state index contributed by atoms with van der Waals surface area (Å²) in [5.41, 5.74) is 3.00. The highest BCUT2D eigenvalue weighted by Crippen LogP contribution is 2.31. The van der Waals surface area contributed by atoms with E-state index in [4.69, 9.17) is 5.84 Å². The molecular formula is C15H22FN3OS. The Labute approximate surface area is 129 Å². The summed E-state index contributed by atoms with van der Waals surface area (Å²) in [4.78, 5) is 13.8. The topological polar surface area (TPSA) is 58.4 Å². The Morgan fingerprint density at radius 3 is 2.95 bits per heavy atom. The highest BCUT2D eigenvalue weighted by molar-refractivity contribution is 8.00. The number of thioether (sulfide) groups is 1. The Morgan fingerprint density at radius 2 is 2.24 bits per heavy atom. The lowest BCUT2D eigenvalue weighted by atomic mass is 10.1. The van der Waals surface area contributed by atoms with Crippen LogP contribution in [0, 0.1) is 5.82 Å². The third kappa shape index (κ3) is 4.43. The first-order valence-electron chi connectivity index (χ1n) is 7.07. The van der Waals surface area contributed by atoms with Gasteiger partial charge in [-0.05, 0) is 31.2 Å². The molecule has 0 aromatic heterocycles. The predicted octanol–water partition coefficient (Wildman–Crippen LogP) is 2.15. The highest BCUT2D eigenvalue weighted by atomic mass is 32.2. The molecule has 0 unspecified atom stereocenters. The fourth-order valence-corrected chi connectivity index (χ4v) is 3.52.